The van der Waals surface area contributed by atoms with Gasteiger partial charge < -0.3 is 20.1 Å². The molecule has 2 N–H and O–H groups in total. The normalized spacial score (nSPS) is 19.9. The average molecular weight is 524 g/mol. The Balaban J connectivity index is 1.13. The summed E-state index contributed by atoms with van der Waals surface area (Å²) in [6, 6.07) is 7.63. The molecule has 1 atom stereocenters. The predicted octanol–water partition coefficient (Wildman–Crippen LogP) is 2.66. The van der Waals surface area contributed by atoms with Gasteiger partial charge in [-0.2, -0.15) is 0 Å². The van der Waals surface area contributed by atoms with Gasteiger partial charge >= 0.3 is 0 Å². The first-order valence-electron chi connectivity index (χ1n) is 12.2. The van der Waals surface area contributed by atoms with Crippen molar-refractivity contribution in [3.8, 4) is 0 Å². The molecule has 0 bridgehead atoms. The first kappa shape index (κ1) is 24.2. The van der Waals surface area contributed by atoms with Gasteiger partial charge in [0.1, 0.15) is 34.5 Å². The predicted molar refractivity (Wildman–Crippen MR) is 137 cm³/mol. The molecule has 6 rings (SSSR count). The molecule has 11 nitrogen and oxygen atoms in total. The zero-order chi connectivity index (χ0) is 25.6. The summed E-state index contributed by atoms with van der Waals surface area (Å²) in [7, 11) is -3.52. The van der Waals surface area contributed by atoms with Gasteiger partial charge in [0.05, 0.1) is 26.4 Å². The maximum Gasteiger partial charge on any atom is 0.179 e. The lowest BCUT2D eigenvalue weighted by atomic mass is 9.77. The van der Waals surface area contributed by atoms with Crippen molar-refractivity contribution in [1.82, 2.24) is 24.8 Å². The van der Waals surface area contributed by atoms with Crippen molar-refractivity contribution < 1.29 is 17.9 Å². The maximum absolute atomic E-state index is 12.5. The monoisotopic (exact) mass is 523 g/mol. The van der Waals surface area contributed by atoms with E-state index in [2.05, 4.69) is 48.5 Å². The minimum Gasteiger partial charge on any atom is -0.380 e. The summed E-state index contributed by atoms with van der Waals surface area (Å²) in [6.45, 7) is 7.23. The highest BCUT2D eigenvalue weighted by Crippen LogP contribution is 2.41. The Kier molecular flexibility index (Phi) is 6.06. The molecule has 0 radical (unpaired) electrons. The Morgan fingerprint density at radius 2 is 1.73 bits per heavy atom. The van der Waals surface area contributed by atoms with E-state index in [4.69, 9.17) is 9.47 Å². The van der Waals surface area contributed by atoms with Crippen LogP contribution in [-0.4, -0.2) is 79.0 Å². The van der Waals surface area contributed by atoms with Crippen LogP contribution in [0.1, 0.15) is 30.0 Å². The number of nitrogens with zero attached hydrogens (tertiary/aromatic N) is 5. The van der Waals surface area contributed by atoms with Gasteiger partial charge in [-0.3, -0.25) is 4.90 Å². The molecule has 37 heavy (non-hydrogen) atoms. The minimum atomic E-state index is -3.52. The van der Waals surface area contributed by atoms with Gasteiger partial charge in [0.25, 0.3) is 0 Å². The van der Waals surface area contributed by atoms with E-state index in [1.165, 1.54) is 12.6 Å². The number of sulfone groups is 1. The highest BCUT2D eigenvalue weighted by molar-refractivity contribution is 7.90. The van der Waals surface area contributed by atoms with Crippen LogP contribution in [0.2, 0.25) is 0 Å². The van der Waals surface area contributed by atoms with E-state index >= 15 is 0 Å². The standard InChI is InChI=1S/C25H29N7O4S/c1-16(32-11-25(12-32)13-36-14-25)17-3-4-21(26-7-17)30-22-6-23(29-15-28-22)31-24-20(37(2,33)34)5-18(8-27-24)19-9-35-10-19/h3-8,15-16,19H,9-14H2,1-2H3,(H2,26,27,28,29,30,31). The van der Waals surface area contributed by atoms with Gasteiger partial charge in [0.2, 0.25) is 0 Å². The van der Waals surface area contributed by atoms with Crippen LogP contribution in [-0.2, 0) is 19.3 Å². The molecular formula is C25H29N7O4S. The summed E-state index contributed by atoms with van der Waals surface area (Å²) in [5.74, 6) is 1.96. The molecule has 6 heterocycles. The highest BCUT2D eigenvalue weighted by Gasteiger charge is 2.50. The molecule has 0 amide bonds. The number of rotatable bonds is 8. The Bertz CT molecular complexity index is 1400. The fraction of sp³-hybridized carbons (Fsp3) is 0.440. The Hall–Kier alpha value is -3.19. The third-order valence-electron chi connectivity index (χ3n) is 7.26. The molecule has 3 aromatic rings. The summed E-state index contributed by atoms with van der Waals surface area (Å²) < 4.78 is 35.5. The third kappa shape index (κ3) is 4.89. The number of aromatic nitrogens is 4. The van der Waals surface area contributed by atoms with E-state index in [-0.39, 0.29) is 16.6 Å². The van der Waals surface area contributed by atoms with Gasteiger partial charge in [-0.05, 0) is 30.2 Å². The molecule has 194 valence electrons. The van der Waals surface area contributed by atoms with Crippen LogP contribution >= 0.6 is 0 Å². The smallest absolute Gasteiger partial charge is 0.179 e. The minimum absolute atomic E-state index is 0.120. The summed E-state index contributed by atoms with van der Waals surface area (Å²) in [5.41, 5.74) is 2.38. The number of hydrogen-bond donors (Lipinski definition) is 2. The average Bonchev–Trinajstić information content (AvgIpc) is 2.77. The summed E-state index contributed by atoms with van der Waals surface area (Å²) >= 11 is 0. The van der Waals surface area contributed by atoms with E-state index in [1.807, 2.05) is 12.3 Å². The van der Waals surface area contributed by atoms with Gasteiger partial charge in [-0.15, -0.1) is 0 Å². The van der Waals surface area contributed by atoms with Crippen LogP contribution in [0.15, 0.2) is 47.9 Å². The zero-order valence-corrected chi connectivity index (χ0v) is 21.5. The first-order valence-corrected chi connectivity index (χ1v) is 14.1. The van der Waals surface area contributed by atoms with Crippen molar-refractivity contribution in [2.24, 2.45) is 5.41 Å². The largest absolute Gasteiger partial charge is 0.380 e. The number of likely N-dealkylation sites (tertiary alicyclic amines) is 1. The van der Waals surface area contributed by atoms with E-state index in [0.29, 0.717) is 42.1 Å². The molecule has 0 aliphatic carbocycles. The molecular weight excluding hydrogens is 494 g/mol. The summed E-state index contributed by atoms with van der Waals surface area (Å²) in [4.78, 5) is 20.0. The Labute approximate surface area is 215 Å². The van der Waals surface area contributed by atoms with Crippen LogP contribution in [0.5, 0.6) is 0 Å². The molecule has 1 unspecified atom stereocenters. The van der Waals surface area contributed by atoms with Crippen LogP contribution in [0.3, 0.4) is 0 Å². The fourth-order valence-electron chi connectivity index (χ4n) is 4.83. The van der Waals surface area contributed by atoms with Gasteiger partial charge in [0.15, 0.2) is 9.84 Å². The lowest BCUT2D eigenvalue weighted by molar-refractivity contribution is -0.197. The number of hydrogen-bond acceptors (Lipinski definition) is 11. The van der Waals surface area contributed by atoms with Crippen molar-refractivity contribution in [3.63, 3.8) is 0 Å². The number of anilines is 4. The Morgan fingerprint density at radius 1 is 0.973 bits per heavy atom. The lowest BCUT2D eigenvalue weighted by Gasteiger charge is -2.57. The molecule has 3 fully saturated rings. The fourth-order valence-corrected chi connectivity index (χ4v) is 5.64. The molecule has 3 aromatic heterocycles. The quantitative estimate of drug-likeness (QED) is 0.452. The summed E-state index contributed by atoms with van der Waals surface area (Å²) in [6.07, 6.45) is 6.12. The van der Waals surface area contributed by atoms with Gasteiger partial charge in [-0.25, -0.2) is 28.4 Å². The second-order valence-electron chi connectivity index (χ2n) is 10.2. The zero-order valence-electron chi connectivity index (χ0n) is 20.7. The van der Waals surface area contributed by atoms with Crippen molar-refractivity contribution in [1.29, 1.82) is 0 Å². The van der Waals surface area contributed by atoms with Crippen LogP contribution < -0.4 is 10.6 Å². The Morgan fingerprint density at radius 3 is 2.32 bits per heavy atom. The maximum atomic E-state index is 12.5. The third-order valence-corrected chi connectivity index (χ3v) is 8.37. The topological polar surface area (TPSA) is 131 Å². The van der Waals surface area contributed by atoms with Crippen molar-refractivity contribution >= 4 is 33.1 Å². The van der Waals surface area contributed by atoms with Crippen LogP contribution in [0.25, 0.3) is 0 Å². The molecule has 3 saturated heterocycles. The second kappa shape index (κ2) is 9.28. The molecule has 3 aliphatic rings. The van der Waals surface area contributed by atoms with E-state index in [0.717, 1.165) is 37.4 Å². The molecule has 12 heteroatoms. The van der Waals surface area contributed by atoms with E-state index in [1.54, 1.807) is 18.3 Å². The number of nitrogens with one attached hydrogen (secondary N) is 2. The molecule has 0 saturated carbocycles. The van der Waals surface area contributed by atoms with E-state index < -0.39 is 9.84 Å². The van der Waals surface area contributed by atoms with Gasteiger partial charge in [-0.1, -0.05) is 6.07 Å². The number of pyridine rings is 2. The van der Waals surface area contributed by atoms with Crippen molar-refractivity contribution in [2.45, 2.75) is 23.8 Å². The van der Waals surface area contributed by atoms with Crippen molar-refractivity contribution in [2.75, 3.05) is 56.4 Å². The second-order valence-corrected chi connectivity index (χ2v) is 12.2. The van der Waals surface area contributed by atoms with Crippen LogP contribution in [0.4, 0.5) is 23.3 Å². The molecule has 3 aliphatic heterocycles. The van der Waals surface area contributed by atoms with Crippen molar-refractivity contribution in [3.05, 3.63) is 54.1 Å². The van der Waals surface area contributed by atoms with Crippen LogP contribution in [0, 0.1) is 5.41 Å². The first-order chi connectivity index (χ1) is 17.8. The van der Waals surface area contributed by atoms with E-state index in [9.17, 15) is 8.42 Å². The molecule has 0 aromatic carbocycles. The van der Waals surface area contributed by atoms with Gasteiger partial charge in [0, 0.05) is 55.2 Å². The summed E-state index contributed by atoms with van der Waals surface area (Å²) in [5, 5.41) is 6.21. The SMILES string of the molecule is CC(c1ccc(Nc2cc(Nc3ncc(C4COC4)cc3S(C)(=O)=O)ncn2)nc1)N1CC2(COC2)C1. The number of ether oxygens (including phenoxy) is 2. The lowest BCUT2D eigenvalue weighted by Crippen LogP contribution is -2.66. The molecule has 1 spiro atoms. The highest BCUT2D eigenvalue weighted by atomic mass is 32.2.